The minimum absolute atomic E-state index is 0.0193. The van der Waals surface area contributed by atoms with E-state index in [2.05, 4.69) is 40.4 Å². The van der Waals surface area contributed by atoms with Gasteiger partial charge in [0.05, 0.1) is 10.6 Å². The van der Waals surface area contributed by atoms with E-state index in [4.69, 9.17) is 4.74 Å². The van der Waals surface area contributed by atoms with E-state index >= 15 is 0 Å². The first kappa shape index (κ1) is 24.7. The maximum absolute atomic E-state index is 13.1. The lowest BCUT2D eigenvalue weighted by Crippen LogP contribution is -2.50. The lowest BCUT2D eigenvalue weighted by molar-refractivity contribution is 0.125. The molecule has 0 aromatic heterocycles. The Labute approximate surface area is 199 Å². The number of nitrogens with one attached hydrogen (secondary N) is 2. The van der Waals surface area contributed by atoms with Gasteiger partial charge in [-0.3, -0.25) is 0 Å². The zero-order chi connectivity index (χ0) is 23.1. The topological polar surface area (TPSA) is 84.5 Å². The van der Waals surface area contributed by atoms with E-state index in [0.717, 1.165) is 16.5 Å². The van der Waals surface area contributed by atoms with Crippen molar-refractivity contribution in [2.24, 2.45) is 5.92 Å². The summed E-state index contributed by atoms with van der Waals surface area (Å²) >= 11 is 3.35. The van der Waals surface area contributed by atoms with Crippen LogP contribution in [0.2, 0.25) is 0 Å². The highest BCUT2D eigenvalue weighted by Crippen LogP contribution is 2.29. The summed E-state index contributed by atoms with van der Waals surface area (Å²) in [4.78, 5) is 12.8. The van der Waals surface area contributed by atoms with Gasteiger partial charge >= 0.3 is 6.09 Å². The Morgan fingerprint density at radius 3 is 2.44 bits per heavy atom. The summed E-state index contributed by atoms with van der Waals surface area (Å²) in [5.74, 6) is -0.230. The fourth-order valence-electron chi connectivity index (χ4n) is 4.20. The maximum atomic E-state index is 13.1. The molecule has 0 spiro atoms. The SMILES string of the molecule is CC(C)N[C@@H]1CC[C@H](NC(=O)OCc2ccccc2)[C@@H](CS(=O)(=O)c2ccc(Br)cc2)C1. The van der Waals surface area contributed by atoms with Crippen LogP contribution in [-0.2, 0) is 21.2 Å². The number of ether oxygens (including phenoxy) is 1. The summed E-state index contributed by atoms with van der Waals surface area (Å²) in [5.41, 5.74) is 0.904. The van der Waals surface area contributed by atoms with Crippen LogP contribution in [0.3, 0.4) is 0 Å². The van der Waals surface area contributed by atoms with Crippen LogP contribution < -0.4 is 10.6 Å². The van der Waals surface area contributed by atoms with Gasteiger partial charge in [-0.2, -0.15) is 0 Å². The van der Waals surface area contributed by atoms with Crippen LogP contribution in [0, 0.1) is 5.92 Å². The predicted molar refractivity (Wildman–Crippen MR) is 129 cm³/mol. The third-order valence-electron chi connectivity index (χ3n) is 5.67. The summed E-state index contributed by atoms with van der Waals surface area (Å²) in [6, 6.07) is 16.4. The Balaban J connectivity index is 1.68. The zero-order valence-electron chi connectivity index (χ0n) is 18.5. The molecule has 1 saturated carbocycles. The average Bonchev–Trinajstić information content (AvgIpc) is 2.74. The Bertz CT molecular complexity index is 981. The summed E-state index contributed by atoms with van der Waals surface area (Å²) in [7, 11) is -3.49. The fourth-order valence-corrected chi connectivity index (χ4v) is 6.14. The molecule has 1 aliphatic rings. The van der Waals surface area contributed by atoms with Crippen molar-refractivity contribution in [3.05, 3.63) is 64.6 Å². The smallest absolute Gasteiger partial charge is 0.407 e. The molecule has 3 atom stereocenters. The second-order valence-corrected chi connectivity index (χ2v) is 11.6. The number of rotatable bonds is 8. The van der Waals surface area contributed by atoms with Gasteiger partial charge in [-0.15, -0.1) is 0 Å². The molecule has 0 bridgehead atoms. The summed E-state index contributed by atoms with van der Waals surface area (Å²) in [5, 5.41) is 6.46. The predicted octanol–water partition coefficient (Wildman–Crippen LogP) is 4.68. The van der Waals surface area contributed by atoms with Crippen LogP contribution >= 0.6 is 15.9 Å². The van der Waals surface area contributed by atoms with Gasteiger partial charge in [-0.05, 0) is 55.0 Å². The monoisotopic (exact) mass is 522 g/mol. The number of hydrogen-bond donors (Lipinski definition) is 2. The van der Waals surface area contributed by atoms with Crippen molar-refractivity contribution in [2.75, 3.05) is 5.75 Å². The molecule has 1 aliphatic carbocycles. The van der Waals surface area contributed by atoms with Crippen molar-refractivity contribution in [3.63, 3.8) is 0 Å². The molecule has 2 aromatic carbocycles. The second-order valence-electron chi connectivity index (χ2n) is 8.64. The molecular weight excluding hydrogens is 492 g/mol. The molecule has 6 nitrogen and oxygen atoms in total. The normalized spacial score (nSPS) is 21.3. The molecular formula is C24H31BrN2O4S. The number of carbonyl (C=O) groups is 1. The Morgan fingerprint density at radius 2 is 1.78 bits per heavy atom. The Morgan fingerprint density at radius 1 is 1.09 bits per heavy atom. The van der Waals surface area contributed by atoms with Crippen LogP contribution in [0.5, 0.6) is 0 Å². The molecule has 0 heterocycles. The van der Waals surface area contributed by atoms with Gasteiger partial charge in [-0.25, -0.2) is 13.2 Å². The third kappa shape index (κ3) is 7.32. The average molecular weight is 523 g/mol. The van der Waals surface area contributed by atoms with E-state index in [9.17, 15) is 13.2 Å². The van der Waals surface area contributed by atoms with E-state index in [0.29, 0.717) is 23.8 Å². The first-order valence-electron chi connectivity index (χ1n) is 10.9. The standard InChI is InChI=1S/C24H31BrN2O4S/c1-17(2)26-21-10-13-23(27-24(28)31-15-18-6-4-3-5-7-18)19(14-21)16-32(29,30)22-11-8-20(25)9-12-22/h3-9,11-12,17,19,21,23,26H,10,13-16H2,1-2H3,(H,27,28)/t19-,21-,23+/m1/s1. The van der Waals surface area contributed by atoms with Crippen LogP contribution in [-0.4, -0.2) is 38.4 Å². The van der Waals surface area contributed by atoms with Gasteiger partial charge in [0.2, 0.25) is 0 Å². The molecule has 0 radical (unpaired) electrons. The van der Waals surface area contributed by atoms with Crippen LogP contribution in [0.4, 0.5) is 4.79 Å². The van der Waals surface area contributed by atoms with Crippen LogP contribution in [0.15, 0.2) is 64.0 Å². The van der Waals surface area contributed by atoms with Gasteiger partial charge in [0.15, 0.2) is 9.84 Å². The molecule has 2 aromatic rings. The molecule has 174 valence electrons. The highest BCUT2D eigenvalue weighted by Gasteiger charge is 2.35. The molecule has 1 amide bonds. The van der Waals surface area contributed by atoms with Crippen LogP contribution in [0.1, 0.15) is 38.7 Å². The molecule has 8 heteroatoms. The van der Waals surface area contributed by atoms with Crippen molar-refractivity contribution >= 4 is 31.9 Å². The van der Waals surface area contributed by atoms with Crippen molar-refractivity contribution in [1.29, 1.82) is 0 Å². The molecule has 0 unspecified atom stereocenters. The van der Waals surface area contributed by atoms with Gasteiger partial charge in [-0.1, -0.05) is 60.1 Å². The van der Waals surface area contributed by atoms with E-state index in [1.807, 2.05) is 30.3 Å². The molecule has 2 N–H and O–H groups in total. The quantitative estimate of drug-likeness (QED) is 0.525. The largest absolute Gasteiger partial charge is 0.445 e. The highest BCUT2D eigenvalue weighted by molar-refractivity contribution is 9.10. The van der Waals surface area contributed by atoms with E-state index < -0.39 is 15.9 Å². The maximum Gasteiger partial charge on any atom is 0.407 e. The highest BCUT2D eigenvalue weighted by atomic mass is 79.9. The first-order valence-corrected chi connectivity index (χ1v) is 13.4. The Hall–Kier alpha value is -1.90. The lowest BCUT2D eigenvalue weighted by Gasteiger charge is -2.37. The lowest BCUT2D eigenvalue weighted by atomic mass is 9.82. The Kier molecular flexibility index (Phi) is 8.73. The van der Waals surface area contributed by atoms with Gasteiger partial charge in [0.1, 0.15) is 6.61 Å². The minimum atomic E-state index is -3.49. The molecule has 32 heavy (non-hydrogen) atoms. The number of sulfone groups is 1. The van der Waals surface area contributed by atoms with Crippen molar-refractivity contribution in [1.82, 2.24) is 10.6 Å². The number of amides is 1. The molecule has 3 rings (SSSR count). The number of halogens is 1. The third-order valence-corrected chi connectivity index (χ3v) is 8.06. The van der Waals surface area contributed by atoms with Gasteiger partial charge in [0.25, 0.3) is 0 Å². The second kappa shape index (κ2) is 11.3. The van der Waals surface area contributed by atoms with E-state index in [1.165, 1.54) is 0 Å². The fraction of sp³-hybridized carbons (Fsp3) is 0.458. The van der Waals surface area contributed by atoms with Gasteiger partial charge in [0, 0.05) is 22.6 Å². The molecule has 0 aliphatic heterocycles. The molecule has 1 fully saturated rings. The number of alkyl carbamates (subject to hydrolysis) is 1. The minimum Gasteiger partial charge on any atom is -0.445 e. The summed E-state index contributed by atoms with van der Waals surface area (Å²) in [6.45, 7) is 4.34. The van der Waals surface area contributed by atoms with E-state index in [-0.39, 0.29) is 30.4 Å². The number of carbonyl (C=O) groups excluding carboxylic acids is 1. The molecule has 0 saturated heterocycles. The number of hydrogen-bond acceptors (Lipinski definition) is 5. The van der Waals surface area contributed by atoms with Crippen molar-refractivity contribution in [3.8, 4) is 0 Å². The number of benzene rings is 2. The van der Waals surface area contributed by atoms with Gasteiger partial charge < -0.3 is 15.4 Å². The van der Waals surface area contributed by atoms with Crippen molar-refractivity contribution in [2.45, 2.75) is 62.7 Å². The summed E-state index contributed by atoms with van der Waals surface area (Å²) < 4.78 is 32.4. The zero-order valence-corrected chi connectivity index (χ0v) is 20.9. The van der Waals surface area contributed by atoms with E-state index in [1.54, 1.807) is 24.3 Å². The summed E-state index contributed by atoms with van der Waals surface area (Å²) in [6.07, 6.45) is 1.74. The van der Waals surface area contributed by atoms with Crippen LogP contribution in [0.25, 0.3) is 0 Å². The van der Waals surface area contributed by atoms with Crippen molar-refractivity contribution < 1.29 is 17.9 Å². The first-order chi connectivity index (χ1) is 15.2.